The Morgan fingerprint density at radius 2 is 2.00 bits per heavy atom. The summed E-state index contributed by atoms with van der Waals surface area (Å²) in [6.07, 6.45) is -3.18. The first-order valence-electron chi connectivity index (χ1n) is 5.54. The summed E-state index contributed by atoms with van der Waals surface area (Å²) in [4.78, 5) is 0. The van der Waals surface area contributed by atoms with E-state index in [2.05, 4.69) is 26.0 Å². The highest BCUT2D eigenvalue weighted by Crippen LogP contribution is 2.32. The lowest BCUT2D eigenvalue weighted by molar-refractivity contribution is -0.274. The van der Waals surface area contributed by atoms with Gasteiger partial charge in [0, 0.05) is 18.5 Å². The number of alkyl halides is 3. The maximum atomic E-state index is 12.1. The SMILES string of the molecule is CS(=O)(=O)CCCNc1ccc(OC(F)(F)F)c(Br)c1. The molecule has 0 aliphatic carbocycles. The average molecular weight is 376 g/mol. The first-order valence-corrected chi connectivity index (χ1v) is 8.39. The summed E-state index contributed by atoms with van der Waals surface area (Å²) >= 11 is 2.98. The molecule has 0 spiro atoms. The van der Waals surface area contributed by atoms with Crippen LogP contribution in [0.25, 0.3) is 0 Å². The summed E-state index contributed by atoms with van der Waals surface area (Å²) in [7, 11) is -3.01. The van der Waals surface area contributed by atoms with Gasteiger partial charge in [0.1, 0.15) is 15.6 Å². The third kappa shape index (κ3) is 6.99. The summed E-state index contributed by atoms with van der Waals surface area (Å²) in [6, 6.07) is 4.03. The number of halogens is 4. The minimum Gasteiger partial charge on any atom is -0.405 e. The van der Waals surface area contributed by atoms with Crippen molar-refractivity contribution in [1.82, 2.24) is 0 Å². The van der Waals surface area contributed by atoms with E-state index in [0.717, 1.165) is 6.26 Å². The molecule has 0 atom stereocenters. The molecule has 0 radical (unpaired) electrons. The van der Waals surface area contributed by atoms with E-state index in [9.17, 15) is 21.6 Å². The predicted molar refractivity (Wildman–Crippen MR) is 73.6 cm³/mol. The Balaban J connectivity index is 2.55. The lowest BCUT2D eigenvalue weighted by atomic mass is 10.3. The Labute approximate surface area is 123 Å². The molecular weight excluding hydrogens is 363 g/mol. The summed E-state index contributed by atoms with van der Waals surface area (Å²) in [5.41, 5.74) is 0.569. The molecule has 0 saturated heterocycles. The van der Waals surface area contributed by atoms with Crippen molar-refractivity contribution < 1.29 is 26.3 Å². The van der Waals surface area contributed by atoms with Gasteiger partial charge in [-0.2, -0.15) is 0 Å². The molecule has 0 aliphatic heterocycles. The molecule has 114 valence electrons. The highest BCUT2D eigenvalue weighted by Gasteiger charge is 2.31. The maximum Gasteiger partial charge on any atom is 0.573 e. The number of hydrogen-bond acceptors (Lipinski definition) is 4. The van der Waals surface area contributed by atoms with E-state index in [-0.39, 0.29) is 16.0 Å². The van der Waals surface area contributed by atoms with Gasteiger partial charge in [-0.15, -0.1) is 13.2 Å². The minimum atomic E-state index is -4.74. The number of sulfone groups is 1. The number of rotatable bonds is 6. The van der Waals surface area contributed by atoms with E-state index in [4.69, 9.17) is 0 Å². The molecule has 1 aromatic rings. The molecule has 4 nitrogen and oxygen atoms in total. The zero-order valence-electron chi connectivity index (χ0n) is 10.5. The fraction of sp³-hybridized carbons (Fsp3) is 0.455. The van der Waals surface area contributed by atoms with E-state index in [0.29, 0.717) is 18.7 Å². The third-order valence-electron chi connectivity index (χ3n) is 2.18. The lowest BCUT2D eigenvalue weighted by Crippen LogP contribution is -2.17. The molecule has 1 N–H and O–H groups in total. The van der Waals surface area contributed by atoms with E-state index >= 15 is 0 Å². The second kappa shape index (κ2) is 6.66. The summed E-state index contributed by atoms with van der Waals surface area (Å²) in [5, 5.41) is 2.92. The van der Waals surface area contributed by atoms with Crippen LogP contribution in [0.4, 0.5) is 18.9 Å². The van der Waals surface area contributed by atoms with Crippen molar-refractivity contribution in [3.05, 3.63) is 22.7 Å². The summed E-state index contributed by atoms with van der Waals surface area (Å²) in [6.45, 7) is 0.402. The minimum absolute atomic E-state index is 0.0520. The molecule has 0 fully saturated rings. The normalized spacial score (nSPS) is 12.2. The van der Waals surface area contributed by atoms with Crippen LogP contribution in [0.2, 0.25) is 0 Å². The molecule has 1 rings (SSSR count). The van der Waals surface area contributed by atoms with Crippen molar-refractivity contribution in [3.63, 3.8) is 0 Å². The van der Waals surface area contributed by atoms with Gasteiger partial charge in [0.15, 0.2) is 0 Å². The van der Waals surface area contributed by atoms with Crippen LogP contribution >= 0.6 is 15.9 Å². The topological polar surface area (TPSA) is 55.4 Å². The first kappa shape index (κ1) is 17.1. The molecule has 0 aromatic heterocycles. The predicted octanol–water partition coefficient (Wildman–Crippen LogP) is 3.19. The molecule has 1 aromatic carbocycles. The zero-order chi connectivity index (χ0) is 15.4. The van der Waals surface area contributed by atoms with E-state index in [1.165, 1.54) is 18.2 Å². The molecule has 0 unspecified atom stereocenters. The number of hydrogen-bond donors (Lipinski definition) is 1. The molecule has 0 saturated carbocycles. The van der Waals surface area contributed by atoms with E-state index in [1.807, 2.05) is 0 Å². The van der Waals surface area contributed by atoms with Gasteiger partial charge in [-0.05, 0) is 40.5 Å². The quantitative estimate of drug-likeness (QED) is 0.775. The van der Waals surface area contributed by atoms with E-state index < -0.39 is 16.2 Å². The number of nitrogens with one attached hydrogen (secondary N) is 1. The van der Waals surface area contributed by atoms with Crippen molar-refractivity contribution in [2.75, 3.05) is 23.9 Å². The number of benzene rings is 1. The Hall–Kier alpha value is -0.960. The van der Waals surface area contributed by atoms with Crippen LogP contribution in [0.1, 0.15) is 6.42 Å². The van der Waals surface area contributed by atoms with Gasteiger partial charge in [0.25, 0.3) is 0 Å². The van der Waals surface area contributed by atoms with Gasteiger partial charge in [-0.3, -0.25) is 0 Å². The van der Waals surface area contributed by atoms with Crippen molar-refractivity contribution in [3.8, 4) is 5.75 Å². The van der Waals surface area contributed by atoms with Gasteiger partial charge >= 0.3 is 6.36 Å². The van der Waals surface area contributed by atoms with Crippen LogP contribution in [-0.2, 0) is 9.84 Å². The highest BCUT2D eigenvalue weighted by atomic mass is 79.9. The van der Waals surface area contributed by atoms with Crippen molar-refractivity contribution in [2.24, 2.45) is 0 Å². The van der Waals surface area contributed by atoms with Gasteiger partial charge < -0.3 is 10.1 Å². The summed E-state index contributed by atoms with van der Waals surface area (Å²) < 4.78 is 62.0. The van der Waals surface area contributed by atoms with Crippen LogP contribution < -0.4 is 10.1 Å². The molecular formula is C11H13BrF3NO3S. The molecule has 0 bridgehead atoms. The Morgan fingerprint density at radius 1 is 1.35 bits per heavy atom. The van der Waals surface area contributed by atoms with Crippen molar-refractivity contribution in [1.29, 1.82) is 0 Å². The van der Waals surface area contributed by atoms with Crippen LogP contribution in [0.3, 0.4) is 0 Å². The number of anilines is 1. The van der Waals surface area contributed by atoms with Gasteiger partial charge in [0.05, 0.1) is 10.2 Å². The largest absolute Gasteiger partial charge is 0.573 e. The molecule has 9 heteroatoms. The lowest BCUT2D eigenvalue weighted by Gasteiger charge is -2.12. The zero-order valence-corrected chi connectivity index (χ0v) is 12.9. The second-order valence-corrected chi connectivity index (χ2v) is 7.22. The molecule has 0 heterocycles. The highest BCUT2D eigenvalue weighted by molar-refractivity contribution is 9.10. The average Bonchev–Trinajstić information content (AvgIpc) is 2.25. The van der Waals surface area contributed by atoms with Crippen molar-refractivity contribution in [2.45, 2.75) is 12.8 Å². The summed E-state index contributed by atoms with van der Waals surface area (Å²) in [5.74, 6) is -0.282. The van der Waals surface area contributed by atoms with Gasteiger partial charge in [-0.1, -0.05) is 0 Å². The van der Waals surface area contributed by atoms with Crippen LogP contribution in [0.5, 0.6) is 5.75 Å². The smallest absolute Gasteiger partial charge is 0.405 e. The number of ether oxygens (including phenoxy) is 1. The van der Waals surface area contributed by atoms with E-state index in [1.54, 1.807) is 0 Å². The first-order chi connectivity index (χ1) is 9.07. The Kier molecular flexibility index (Phi) is 5.69. The van der Waals surface area contributed by atoms with Gasteiger partial charge in [-0.25, -0.2) is 8.42 Å². The second-order valence-electron chi connectivity index (χ2n) is 4.10. The Morgan fingerprint density at radius 3 is 2.50 bits per heavy atom. The van der Waals surface area contributed by atoms with Crippen LogP contribution in [0.15, 0.2) is 22.7 Å². The fourth-order valence-corrected chi connectivity index (χ4v) is 2.51. The maximum absolute atomic E-state index is 12.1. The third-order valence-corrected chi connectivity index (χ3v) is 3.83. The monoisotopic (exact) mass is 375 g/mol. The molecule has 20 heavy (non-hydrogen) atoms. The molecule has 0 amide bonds. The molecule has 0 aliphatic rings. The van der Waals surface area contributed by atoms with Crippen molar-refractivity contribution >= 4 is 31.5 Å². The van der Waals surface area contributed by atoms with Gasteiger partial charge in [0.2, 0.25) is 0 Å². The Bertz CT molecular complexity index is 561. The van der Waals surface area contributed by atoms with Crippen LogP contribution in [-0.4, -0.2) is 33.3 Å². The standard InChI is InChI=1S/C11H13BrF3NO3S/c1-20(17,18)6-2-5-16-8-3-4-10(9(12)7-8)19-11(13,14)15/h3-4,7,16H,2,5-6H2,1H3. The van der Waals surface area contributed by atoms with Crippen LogP contribution in [0, 0.1) is 0 Å². The fourth-order valence-electron chi connectivity index (χ4n) is 1.39.